The Balaban J connectivity index is 4.16. The maximum Gasteiger partial charge on any atom is 0.351 e. The van der Waals surface area contributed by atoms with Crippen LogP contribution in [0.25, 0.3) is 0 Å². The monoisotopic (exact) mass is 246 g/mol. The molecular formula is C13H26O4. The van der Waals surface area contributed by atoms with E-state index in [0.29, 0.717) is 0 Å². The molecule has 4 nitrogen and oxygen atoms in total. The van der Waals surface area contributed by atoms with E-state index in [1.165, 1.54) is 0 Å². The van der Waals surface area contributed by atoms with Crippen molar-refractivity contribution >= 4 is 5.97 Å². The standard InChI is InChI=1S/C13H26O4/c1-7-9-10-13(6,8-2)11(14)15-17-16-12(3,4)5/h7-10H2,1-6H3. The number of rotatable bonds is 7. The molecule has 0 saturated carbocycles. The van der Waals surface area contributed by atoms with Crippen molar-refractivity contribution in [1.82, 2.24) is 0 Å². The predicted octanol–water partition coefficient (Wildman–Crippen LogP) is 3.80. The molecule has 17 heavy (non-hydrogen) atoms. The molecule has 0 bridgehead atoms. The summed E-state index contributed by atoms with van der Waals surface area (Å²) in [6, 6.07) is 0. The van der Waals surface area contributed by atoms with Crippen LogP contribution in [0.15, 0.2) is 0 Å². The second kappa shape index (κ2) is 6.97. The zero-order chi connectivity index (χ0) is 13.5. The number of unbranched alkanes of at least 4 members (excludes halogenated alkanes) is 1. The average Bonchev–Trinajstić information content (AvgIpc) is 2.24. The van der Waals surface area contributed by atoms with Gasteiger partial charge in [-0.15, -0.1) is 0 Å². The van der Waals surface area contributed by atoms with Crippen molar-refractivity contribution in [1.29, 1.82) is 0 Å². The molecule has 0 rings (SSSR count). The van der Waals surface area contributed by atoms with Gasteiger partial charge >= 0.3 is 5.97 Å². The van der Waals surface area contributed by atoms with Crippen LogP contribution in [0.1, 0.15) is 67.2 Å². The summed E-state index contributed by atoms with van der Waals surface area (Å²) in [5.74, 6) is -0.363. The fraction of sp³-hybridized carbons (Fsp3) is 0.923. The molecule has 0 aliphatic heterocycles. The van der Waals surface area contributed by atoms with Crippen molar-refractivity contribution in [2.24, 2.45) is 5.41 Å². The van der Waals surface area contributed by atoms with Gasteiger partial charge in [-0.1, -0.05) is 26.7 Å². The molecule has 0 heterocycles. The minimum Gasteiger partial charge on any atom is -0.268 e. The van der Waals surface area contributed by atoms with Crippen LogP contribution < -0.4 is 0 Å². The summed E-state index contributed by atoms with van der Waals surface area (Å²) in [5.41, 5.74) is -0.983. The quantitative estimate of drug-likeness (QED) is 0.506. The molecule has 0 saturated heterocycles. The molecule has 4 heteroatoms. The van der Waals surface area contributed by atoms with Gasteiger partial charge in [0.15, 0.2) is 0 Å². The van der Waals surface area contributed by atoms with Gasteiger partial charge in [-0.2, -0.15) is 4.89 Å². The van der Waals surface area contributed by atoms with Gasteiger partial charge in [-0.3, -0.25) is 4.89 Å². The van der Waals surface area contributed by atoms with Crippen LogP contribution in [0, 0.1) is 5.41 Å². The summed E-state index contributed by atoms with van der Waals surface area (Å²) in [4.78, 5) is 21.5. The normalized spacial score (nSPS) is 15.4. The SMILES string of the molecule is CCCCC(C)(CC)C(=O)OOOC(C)(C)C. The molecule has 0 fully saturated rings. The second-order valence-corrected chi connectivity index (χ2v) is 5.65. The third kappa shape index (κ3) is 6.64. The van der Waals surface area contributed by atoms with Gasteiger partial charge in [0.25, 0.3) is 0 Å². The van der Waals surface area contributed by atoms with Gasteiger partial charge in [0.1, 0.15) is 0 Å². The first kappa shape index (κ1) is 16.4. The summed E-state index contributed by atoms with van der Waals surface area (Å²) in [6.45, 7) is 11.4. The van der Waals surface area contributed by atoms with Crippen LogP contribution in [0.4, 0.5) is 0 Å². The Hall–Kier alpha value is -0.610. The van der Waals surface area contributed by atoms with E-state index < -0.39 is 11.0 Å². The second-order valence-electron chi connectivity index (χ2n) is 5.65. The molecule has 0 aromatic heterocycles. The highest BCUT2D eigenvalue weighted by Crippen LogP contribution is 2.30. The van der Waals surface area contributed by atoms with Crippen molar-refractivity contribution in [3.63, 3.8) is 0 Å². The summed E-state index contributed by atoms with van der Waals surface area (Å²) in [7, 11) is 0. The van der Waals surface area contributed by atoms with E-state index in [-0.39, 0.29) is 5.97 Å². The lowest BCUT2D eigenvalue weighted by Crippen LogP contribution is -2.30. The molecule has 0 aromatic carbocycles. The van der Waals surface area contributed by atoms with Crippen LogP contribution in [0.2, 0.25) is 0 Å². The number of hydrogen-bond acceptors (Lipinski definition) is 4. The van der Waals surface area contributed by atoms with E-state index in [2.05, 4.69) is 12.0 Å². The molecule has 0 aromatic rings. The highest BCUT2D eigenvalue weighted by molar-refractivity contribution is 5.75. The van der Waals surface area contributed by atoms with Crippen LogP contribution in [-0.2, 0) is 19.6 Å². The van der Waals surface area contributed by atoms with E-state index in [0.717, 1.165) is 25.7 Å². The Morgan fingerprint density at radius 3 is 2.12 bits per heavy atom. The van der Waals surface area contributed by atoms with Crippen molar-refractivity contribution in [2.45, 2.75) is 72.8 Å². The van der Waals surface area contributed by atoms with Gasteiger partial charge in [0, 0.05) is 0 Å². The average molecular weight is 246 g/mol. The van der Waals surface area contributed by atoms with Crippen molar-refractivity contribution in [2.75, 3.05) is 0 Å². The molecule has 102 valence electrons. The van der Waals surface area contributed by atoms with E-state index >= 15 is 0 Å². The molecule has 1 atom stereocenters. The zero-order valence-corrected chi connectivity index (χ0v) is 12.0. The minimum atomic E-state index is -0.494. The summed E-state index contributed by atoms with van der Waals surface area (Å²) < 4.78 is 0. The van der Waals surface area contributed by atoms with E-state index in [4.69, 9.17) is 9.78 Å². The Bertz CT molecular complexity index is 232. The minimum absolute atomic E-state index is 0.363. The lowest BCUT2D eigenvalue weighted by molar-refractivity contribution is -0.516. The van der Waals surface area contributed by atoms with Gasteiger partial charge < -0.3 is 0 Å². The van der Waals surface area contributed by atoms with Crippen LogP contribution in [0.3, 0.4) is 0 Å². The van der Waals surface area contributed by atoms with E-state index in [1.807, 2.05) is 34.6 Å². The molecule has 0 amide bonds. The molecule has 0 aliphatic carbocycles. The van der Waals surface area contributed by atoms with E-state index in [9.17, 15) is 4.79 Å². The summed E-state index contributed by atoms with van der Waals surface area (Å²) in [5, 5.41) is 4.54. The van der Waals surface area contributed by atoms with Gasteiger partial charge in [0.05, 0.1) is 11.0 Å². The van der Waals surface area contributed by atoms with Gasteiger partial charge in [-0.05, 0) is 45.6 Å². The lowest BCUT2D eigenvalue weighted by atomic mass is 9.82. The van der Waals surface area contributed by atoms with Gasteiger partial charge in [-0.25, -0.2) is 4.79 Å². The molecule has 0 N–H and O–H groups in total. The molecular weight excluding hydrogens is 220 g/mol. The Morgan fingerprint density at radius 2 is 1.71 bits per heavy atom. The predicted molar refractivity (Wildman–Crippen MR) is 65.9 cm³/mol. The van der Waals surface area contributed by atoms with Crippen molar-refractivity contribution < 1.29 is 19.6 Å². The highest BCUT2D eigenvalue weighted by atomic mass is 17.5. The van der Waals surface area contributed by atoms with Gasteiger partial charge in [0.2, 0.25) is 0 Å². The van der Waals surface area contributed by atoms with Crippen molar-refractivity contribution in [3.05, 3.63) is 0 Å². The summed E-state index contributed by atoms with van der Waals surface area (Å²) >= 11 is 0. The van der Waals surface area contributed by atoms with Crippen molar-refractivity contribution in [3.8, 4) is 0 Å². The Morgan fingerprint density at radius 1 is 1.12 bits per heavy atom. The summed E-state index contributed by atoms with van der Waals surface area (Å²) in [6.07, 6.45) is 3.59. The fourth-order valence-corrected chi connectivity index (χ4v) is 1.24. The first-order valence-corrected chi connectivity index (χ1v) is 6.32. The Labute approximate surface area is 104 Å². The lowest BCUT2D eigenvalue weighted by Gasteiger charge is -2.25. The third-order valence-corrected chi connectivity index (χ3v) is 2.75. The molecule has 0 radical (unpaired) electrons. The largest absolute Gasteiger partial charge is 0.351 e. The van der Waals surface area contributed by atoms with E-state index in [1.54, 1.807) is 0 Å². The first-order chi connectivity index (χ1) is 7.75. The first-order valence-electron chi connectivity index (χ1n) is 6.32. The third-order valence-electron chi connectivity index (χ3n) is 2.75. The number of hydrogen-bond donors (Lipinski definition) is 0. The maximum atomic E-state index is 11.9. The zero-order valence-electron chi connectivity index (χ0n) is 12.0. The number of carbonyl (C=O) groups is 1. The molecule has 0 aliphatic rings. The van der Waals surface area contributed by atoms with Crippen LogP contribution >= 0.6 is 0 Å². The smallest absolute Gasteiger partial charge is 0.268 e. The Kier molecular flexibility index (Phi) is 6.72. The highest BCUT2D eigenvalue weighted by Gasteiger charge is 2.34. The molecule has 0 spiro atoms. The van der Waals surface area contributed by atoms with Crippen LogP contribution in [-0.4, -0.2) is 11.6 Å². The molecule has 1 unspecified atom stereocenters. The number of carbonyl (C=O) groups excluding carboxylic acids is 1. The maximum absolute atomic E-state index is 11.9. The van der Waals surface area contributed by atoms with Crippen LogP contribution in [0.5, 0.6) is 0 Å². The fourth-order valence-electron chi connectivity index (χ4n) is 1.24. The topological polar surface area (TPSA) is 44.8 Å².